The molecule has 5 rings (SSSR count). The van der Waals surface area contributed by atoms with Gasteiger partial charge in [-0.25, -0.2) is 0 Å². The fourth-order valence-electron chi connectivity index (χ4n) is 5.27. The number of hydrogen-bond acceptors (Lipinski definition) is 5. The van der Waals surface area contributed by atoms with Crippen molar-refractivity contribution < 1.29 is 19.1 Å². The zero-order valence-corrected chi connectivity index (χ0v) is 20.2. The van der Waals surface area contributed by atoms with Gasteiger partial charge < -0.3 is 14.8 Å². The minimum Gasteiger partial charge on any atom is -0.469 e. The Morgan fingerprint density at radius 3 is 2.08 bits per heavy atom. The Bertz CT molecular complexity index is 1200. The molecule has 3 aromatic carbocycles. The van der Waals surface area contributed by atoms with Gasteiger partial charge in [-0.2, -0.15) is 0 Å². The lowest BCUT2D eigenvalue weighted by Crippen LogP contribution is -2.53. The molecule has 1 amide bonds. The number of esters is 1. The third kappa shape index (κ3) is 4.96. The molecular formula is C30H30N2O4. The lowest BCUT2D eigenvalue weighted by atomic mass is 9.85. The Kier molecular flexibility index (Phi) is 7.26. The molecule has 0 aliphatic carbocycles. The number of fused-ring (bicyclic) bond motifs is 2. The number of hydrogen-bond donors (Lipinski definition) is 1. The van der Waals surface area contributed by atoms with Gasteiger partial charge in [-0.1, -0.05) is 103 Å². The van der Waals surface area contributed by atoms with Crippen molar-refractivity contribution in [2.24, 2.45) is 5.92 Å². The molecule has 184 valence electrons. The second kappa shape index (κ2) is 10.9. The van der Waals surface area contributed by atoms with E-state index in [4.69, 9.17) is 9.47 Å². The summed E-state index contributed by atoms with van der Waals surface area (Å²) in [4.78, 5) is 29.0. The maximum atomic E-state index is 13.9. The fraction of sp³-hybridized carbons (Fsp3) is 0.267. The molecule has 0 unspecified atom stereocenters. The molecule has 2 aliphatic rings. The number of rotatable bonds is 9. The maximum Gasteiger partial charge on any atom is 0.313 e. The van der Waals surface area contributed by atoms with Gasteiger partial charge >= 0.3 is 5.97 Å². The number of methoxy groups -OCH3 is 1. The predicted molar refractivity (Wildman–Crippen MR) is 137 cm³/mol. The van der Waals surface area contributed by atoms with Crippen molar-refractivity contribution >= 4 is 11.9 Å². The van der Waals surface area contributed by atoms with Crippen LogP contribution in [0.3, 0.4) is 0 Å². The normalized spacial score (nSPS) is 22.9. The predicted octanol–water partition coefficient (Wildman–Crippen LogP) is 4.04. The number of carbonyl (C=O) groups excluding carboxylic acids is 2. The highest BCUT2D eigenvalue weighted by molar-refractivity contribution is 5.83. The van der Waals surface area contributed by atoms with Gasteiger partial charge in [0.15, 0.2) is 0 Å². The van der Waals surface area contributed by atoms with Crippen molar-refractivity contribution in [3.05, 3.63) is 120 Å². The molecule has 0 aromatic heterocycles. The topological polar surface area (TPSA) is 67.9 Å². The number of benzene rings is 3. The summed E-state index contributed by atoms with van der Waals surface area (Å²) in [5, 5.41) is 3.13. The van der Waals surface area contributed by atoms with Crippen LogP contribution < -0.4 is 5.32 Å². The van der Waals surface area contributed by atoms with Gasteiger partial charge in [0.05, 0.1) is 25.4 Å². The number of amides is 1. The van der Waals surface area contributed by atoms with E-state index < -0.39 is 12.0 Å². The van der Waals surface area contributed by atoms with Crippen LogP contribution in [-0.2, 0) is 32.2 Å². The van der Waals surface area contributed by atoms with Crippen LogP contribution in [0.15, 0.2) is 103 Å². The summed E-state index contributed by atoms with van der Waals surface area (Å²) in [6.07, 6.45) is 3.25. The molecule has 5 atom stereocenters. The Morgan fingerprint density at radius 2 is 1.44 bits per heavy atom. The first kappa shape index (κ1) is 24.0. The lowest BCUT2D eigenvalue weighted by Gasteiger charge is -2.40. The van der Waals surface area contributed by atoms with E-state index in [2.05, 4.69) is 10.2 Å². The lowest BCUT2D eigenvalue weighted by molar-refractivity contribution is -0.149. The zero-order valence-electron chi connectivity index (χ0n) is 20.2. The minimum atomic E-state index is -0.636. The Labute approximate surface area is 211 Å². The van der Waals surface area contributed by atoms with Crippen molar-refractivity contribution in [3.8, 4) is 0 Å². The third-order valence-corrected chi connectivity index (χ3v) is 6.93. The molecule has 1 fully saturated rings. The van der Waals surface area contributed by atoms with Gasteiger partial charge in [0.2, 0.25) is 5.91 Å². The van der Waals surface area contributed by atoms with Crippen LogP contribution in [0.1, 0.15) is 22.7 Å². The summed E-state index contributed by atoms with van der Waals surface area (Å²) in [6.45, 7) is 0.882. The average Bonchev–Trinajstić information content (AvgIpc) is 3.55. The standard InChI is InChI=1S/C30H30N2O4/c1-35-30(34)26-24-17-18-25(36-24)28(26)32(20-22-13-7-3-8-14-22)27(23-15-9-4-10-16-23)29(33)31-19-21-11-5-2-6-12-21/h2-18,24-28H,19-20H2,1H3,(H,31,33)/t24-,25+,26+,27+,28+/m0/s1. The van der Waals surface area contributed by atoms with Gasteiger partial charge in [0, 0.05) is 13.1 Å². The summed E-state index contributed by atoms with van der Waals surface area (Å²) in [5.74, 6) is -0.982. The molecule has 2 bridgehead atoms. The van der Waals surface area contributed by atoms with E-state index >= 15 is 0 Å². The molecule has 6 nitrogen and oxygen atoms in total. The van der Waals surface area contributed by atoms with Crippen LogP contribution >= 0.6 is 0 Å². The Balaban J connectivity index is 1.54. The number of nitrogens with zero attached hydrogens (tertiary/aromatic N) is 1. The summed E-state index contributed by atoms with van der Waals surface area (Å²) in [6, 6.07) is 28.6. The highest BCUT2D eigenvalue weighted by atomic mass is 16.5. The van der Waals surface area contributed by atoms with Crippen molar-refractivity contribution in [2.45, 2.75) is 37.4 Å². The van der Waals surface area contributed by atoms with Gasteiger partial charge in [-0.3, -0.25) is 14.5 Å². The maximum absolute atomic E-state index is 13.9. The Morgan fingerprint density at radius 1 is 0.861 bits per heavy atom. The van der Waals surface area contributed by atoms with Crippen LogP contribution in [0.2, 0.25) is 0 Å². The van der Waals surface area contributed by atoms with Crippen molar-refractivity contribution in [2.75, 3.05) is 7.11 Å². The molecular weight excluding hydrogens is 452 g/mol. The first-order chi connectivity index (χ1) is 17.7. The summed E-state index contributed by atoms with van der Waals surface area (Å²) < 4.78 is 11.3. The second-order valence-electron chi connectivity index (χ2n) is 9.16. The zero-order chi connectivity index (χ0) is 24.9. The average molecular weight is 483 g/mol. The molecule has 2 aliphatic heterocycles. The van der Waals surface area contributed by atoms with Gasteiger partial charge in [0.25, 0.3) is 0 Å². The summed E-state index contributed by atoms with van der Waals surface area (Å²) >= 11 is 0. The fourth-order valence-corrected chi connectivity index (χ4v) is 5.27. The molecule has 3 aromatic rings. The monoisotopic (exact) mass is 482 g/mol. The molecule has 1 N–H and O–H groups in total. The Hall–Kier alpha value is -3.74. The second-order valence-corrected chi connectivity index (χ2v) is 9.16. The molecule has 6 heteroatoms. The van der Waals surface area contributed by atoms with Crippen molar-refractivity contribution in [1.82, 2.24) is 10.2 Å². The number of nitrogens with one attached hydrogen (secondary N) is 1. The van der Waals surface area contributed by atoms with Gasteiger partial charge in [-0.05, 0) is 16.7 Å². The number of ether oxygens (including phenoxy) is 2. The number of carbonyl (C=O) groups is 2. The van der Waals surface area contributed by atoms with E-state index in [0.29, 0.717) is 13.1 Å². The van der Waals surface area contributed by atoms with E-state index in [1.54, 1.807) is 0 Å². The minimum absolute atomic E-state index is 0.128. The summed E-state index contributed by atoms with van der Waals surface area (Å²) in [7, 11) is 1.40. The third-order valence-electron chi connectivity index (χ3n) is 6.93. The molecule has 0 radical (unpaired) electrons. The van der Waals surface area contributed by atoms with Crippen LogP contribution in [0.25, 0.3) is 0 Å². The SMILES string of the molecule is COC(=O)[C@H]1[C@H](N(Cc2ccccc2)[C@@H](C(=O)NCc2ccccc2)c2ccccc2)[C@H]2C=C[C@@H]1O2. The smallest absolute Gasteiger partial charge is 0.313 e. The van der Waals surface area contributed by atoms with E-state index in [-0.39, 0.29) is 30.1 Å². The largest absolute Gasteiger partial charge is 0.469 e. The van der Waals surface area contributed by atoms with Crippen LogP contribution in [0, 0.1) is 5.92 Å². The van der Waals surface area contributed by atoms with Gasteiger partial charge in [0.1, 0.15) is 12.0 Å². The molecule has 1 saturated heterocycles. The first-order valence-corrected chi connectivity index (χ1v) is 12.2. The highest BCUT2D eigenvalue weighted by Gasteiger charge is 2.54. The van der Waals surface area contributed by atoms with Crippen molar-refractivity contribution in [1.29, 1.82) is 0 Å². The van der Waals surface area contributed by atoms with Crippen LogP contribution in [-0.4, -0.2) is 42.1 Å². The van der Waals surface area contributed by atoms with Crippen molar-refractivity contribution in [3.63, 3.8) is 0 Å². The molecule has 0 spiro atoms. The van der Waals surface area contributed by atoms with E-state index in [1.807, 2.05) is 103 Å². The molecule has 0 saturated carbocycles. The van der Waals surface area contributed by atoms with E-state index in [1.165, 1.54) is 7.11 Å². The van der Waals surface area contributed by atoms with E-state index in [0.717, 1.165) is 16.7 Å². The molecule has 2 heterocycles. The van der Waals surface area contributed by atoms with Crippen LogP contribution in [0.4, 0.5) is 0 Å². The summed E-state index contributed by atoms with van der Waals surface area (Å²) in [5.41, 5.74) is 2.92. The van der Waals surface area contributed by atoms with Crippen LogP contribution in [0.5, 0.6) is 0 Å². The quantitative estimate of drug-likeness (QED) is 0.368. The molecule has 36 heavy (non-hydrogen) atoms. The van der Waals surface area contributed by atoms with Gasteiger partial charge in [-0.15, -0.1) is 0 Å². The highest BCUT2D eigenvalue weighted by Crippen LogP contribution is 2.42. The van der Waals surface area contributed by atoms with E-state index in [9.17, 15) is 9.59 Å². The first-order valence-electron chi connectivity index (χ1n) is 12.2.